The van der Waals surface area contributed by atoms with Crippen LogP contribution in [0.5, 0.6) is 0 Å². The molecular formula is C4S. The molecule has 0 atom stereocenters. The van der Waals surface area contributed by atoms with Crippen LogP contribution in [0.25, 0.3) is 0 Å². The second-order valence-corrected chi connectivity index (χ2v) is 0.556. The van der Waals surface area contributed by atoms with E-state index in [1.165, 1.54) is 0 Å². The first-order valence-electron chi connectivity index (χ1n) is 0.954. The van der Waals surface area contributed by atoms with Crippen LogP contribution in [-0.2, 0) is 12.6 Å². The number of rotatable bonds is 0. The summed E-state index contributed by atoms with van der Waals surface area (Å²) in [6.45, 7) is 0. The van der Waals surface area contributed by atoms with Crippen LogP contribution >= 0.6 is 0 Å². The van der Waals surface area contributed by atoms with Gasteiger partial charge >= 0.3 is 36.1 Å². The second kappa shape index (κ2) is 3.56. The van der Waals surface area contributed by atoms with Gasteiger partial charge in [0.25, 0.3) is 0 Å². The van der Waals surface area contributed by atoms with Crippen LogP contribution in [0.4, 0.5) is 0 Å². The van der Waals surface area contributed by atoms with Crippen molar-refractivity contribution in [3.63, 3.8) is 0 Å². The molecule has 0 unspecified atom stereocenters. The Labute approximate surface area is 37.0 Å². The summed E-state index contributed by atoms with van der Waals surface area (Å²) in [6.07, 6.45) is 6.11. The van der Waals surface area contributed by atoms with E-state index in [9.17, 15) is 0 Å². The summed E-state index contributed by atoms with van der Waals surface area (Å²) >= 11 is 4.11. The first-order chi connectivity index (χ1) is 2.41. The molecule has 1 heteroatoms. The Morgan fingerprint density at radius 3 is 2.20 bits per heavy atom. The van der Waals surface area contributed by atoms with Crippen LogP contribution in [0.3, 0.4) is 0 Å². The maximum absolute atomic E-state index is 6.11. The van der Waals surface area contributed by atoms with Crippen LogP contribution in [0, 0.1) is 23.5 Å². The van der Waals surface area contributed by atoms with Gasteiger partial charge in [0.05, 0.1) is 0 Å². The third-order valence-corrected chi connectivity index (χ3v) is 0.216. The molecule has 0 spiro atoms. The predicted molar refractivity (Wildman–Crippen MR) is 22.3 cm³/mol. The Kier molecular flexibility index (Phi) is 3.25. The van der Waals surface area contributed by atoms with Gasteiger partial charge in [-0.15, -0.1) is 0 Å². The Bertz CT molecular complexity index is 97.0. The van der Waals surface area contributed by atoms with E-state index in [1.807, 2.05) is 0 Å². The molecule has 0 nitrogen and oxygen atoms in total. The van der Waals surface area contributed by atoms with E-state index in [1.54, 1.807) is 5.92 Å². The monoisotopic (exact) mass is 80.0 g/mol. The molecule has 0 rings (SSSR count). The van der Waals surface area contributed by atoms with E-state index >= 15 is 0 Å². The van der Waals surface area contributed by atoms with Crippen molar-refractivity contribution in [2.45, 2.75) is 0 Å². The molecule has 5 heavy (non-hydrogen) atoms. The van der Waals surface area contributed by atoms with E-state index in [0.29, 0.717) is 0 Å². The summed E-state index contributed by atoms with van der Waals surface area (Å²) in [5.41, 5.74) is 0. The van der Waals surface area contributed by atoms with Gasteiger partial charge in [-0.2, -0.15) is 0 Å². The van der Waals surface area contributed by atoms with Crippen molar-refractivity contribution in [1.82, 2.24) is 0 Å². The summed E-state index contributed by atoms with van der Waals surface area (Å²) in [4.78, 5) is 0. The Hall–Kier alpha value is -0.440. The average molecular weight is 80.1 g/mol. The Balaban J connectivity index is 3.30. The third kappa shape index (κ3) is 3.56. The van der Waals surface area contributed by atoms with Gasteiger partial charge in [0.15, 0.2) is 0 Å². The van der Waals surface area contributed by atoms with Crippen molar-refractivity contribution in [1.29, 1.82) is 0 Å². The molecule has 22 valence electrons. The van der Waals surface area contributed by atoms with E-state index < -0.39 is 0 Å². The molecule has 0 radical (unpaired) electrons. The average Bonchev–Trinajstić information content (AvgIpc) is 1.41. The van der Waals surface area contributed by atoms with Gasteiger partial charge in [-0.05, 0) is 0 Å². The van der Waals surface area contributed by atoms with Crippen LogP contribution in [-0.4, -0.2) is 0 Å². The molecule has 0 aliphatic carbocycles. The fraction of sp³-hybridized carbons (Fsp3) is 0. The summed E-state index contributed by atoms with van der Waals surface area (Å²) in [7, 11) is 0. The maximum atomic E-state index is 6.11. The minimum absolute atomic E-state index is 1.80. The first-order valence-corrected chi connectivity index (χ1v) is 1.36. The first kappa shape index (κ1) is 4.56. The zero-order valence-electron chi connectivity index (χ0n) is 2.41. The normalized spacial score (nSPS) is 3.60. The standard InChI is InChI=1S/C4S/c1-2-3-4-5. The van der Waals surface area contributed by atoms with Crippen molar-refractivity contribution in [2.75, 3.05) is 0 Å². The van der Waals surface area contributed by atoms with E-state index in [4.69, 9.17) is 6.42 Å². The van der Waals surface area contributed by atoms with Crippen LogP contribution < -0.4 is 0 Å². The molecule has 0 N–H and O–H groups in total. The molecule has 0 aliphatic rings. The second-order valence-electron chi connectivity index (χ2n) is 0.352. The zero-order valence-corrected chi connectivity index (χ0v) is 3.22. The van der Waals surface area contributed by atoms with Crippen LogP contribution in [0.15, 0.2) is 0 Å². The quantitative estimate of drug-likeness (QED) is 0.226. The summed E-state index contributed by atoms with van der Waals surface area (Å²) in [5, 5.41) is 2.05. The van der Waals surface area contributed by atoms with Crippen LogP contribution in [0.1, 0.15) is 0 Å². The van der Waals surface area contributed by atoms with Gasteiger partial charge in [0.1, 0.15) is 0 Å². The molecule has 0 saturated heterocycles. The van der Waals surface area contributed by atoms with Gasteiger partial charge in [-0.3, -0.25) is 0 Å². The zero-order chi connectivity index (χ0) is 4.12. The van der Waals surface area contributed by atoms with Gasteiger partial charge < -0.3 is 0 Å². The van der Waals surface area contributed by atoms with E-state index in [-0.39, 0.29) is 0 Å². The molecule has 0 aromatic carbocycles. The van der Waals surface area contributed by atoms with E-state index in [0.717, 1.165) is 0 Å². The molecule has 0 saturated carbocycles. The summed E-state index contributed by atoms with van der Waals surface area (Å²) in [5.74, 6) is 3.89. The minimum atomic E-state index is 1.80. The molecule has 0 aromatic rings. The molecule has 0 fully saturated rings. The molecule has 0 amide bonds. The van der Waals surface area contributed by atoms with Crippen molar-refractivity contribution in [2.24, 2.45) is 0 Å². The Morgan fingerprint density at radius 2 is 2.20 bits per heavy atom. The molecule has 0 aliphatic heterocycles. The molecule has 0 aromatic heterocycles. The number of hydrogen-bond donors (Lipinski definition) is 0. The summed E-state index contributed by atoms with van der Waals surface area (Å²) in [6, 6.07) is 0. The van der Waals surface area contributed by atoms with Crippen molar-refractivity contribution in [3.8, 4) is 17.1 Å². The predicted octanol–water partition coefficient (Wildman–Crippen LogP) is 0.0840. The fourth-order valence-corrected chi connectivity index (χ4v) is 0.0765. The van der Waals surface area contributed by atoms with Gasteiger partial charge in [-0.25, -0.2) is 0 Å². The van der Waals surface area contributed by atoms with Gasteiger partial charge in [-0.1, -0.05) is 0 Å². The molecule has 0 heterocycles. The molecular weight excluding hydrogens is 80.1 g/mol. The Morgan fingerprint density at radius 1 is 1.60 bits per heavy atom. The fourth-order valence-electron chi connectivity index (χ4n) is 0.0255. The SMILES string of the molecule is [C+]#CC#C[S-]. The van der Waals surface area contributed by atoms with Crippen molar-refractivity contribution in [3.05, 3.63) is 6.42 Å². The topological polar surface area (TPSA) is 0 Å². The molecule has 0 bridgehead atoms. The van der Waals surface area contributed by atoms with Gasteiger partial charge in [0.2, 0.25) is 0 Å². The third-order valence-electron chi connectivity index (χ3n) is 0.114. The van der Waals surface area contributed by atoms with Crippen molar-refractivity contribution < 1.29 is 0 Å². The van der Waals surface area contributed by atoms with E-state index in [2.05, 4.69) is 23.8 Å². The number of hydrogen-bond acceptors (Lipinski definition) is 1. The summed E-state index contributed by atoms with van der Waals surface area (Å²) < 4.78 is 0. The van der Waals surface area contributed by atoms with Crippen LogP contribution in [0.2, 0.25) is 0 Å². The van der Waals surface area contributed by atoms with Gasteiger partial charge in [0, 0.05) is 0 Å². The van der Waals surface area contributed by atoms with Crippen molar-refractivity contribution >= 4 is 12.6 Å².